The molecule has 5 heteroatoms. The van der Waals surface area contributed by atoms with E-state index in [1.165, 1.54) is 6.08 Å². The molecule has 0 aromatic heterocycles. The Hall–Kier alpha value is -3.08. The minimum absolute atomic E-state index is 0.0303. The topological polar surface area (TPSA) is 75.4 Å². The van der Waals surface area contributed by atoms with Crippen molar-refractivity contribution in [3.63, 3.8) is 0 Å². The van der Waals surface area contributed by atoms with Gasteiger partial charge in [0.2, 0.25) is 11.8 Å². The molecule has 134 valence electrons. The van der Waals surface area contributed by atoms with Crippen molar-refractivity contribution in [2.24, 2.45) is 11.7 Å². The highest BCUT2D eigenvalue weighted by atomic mass is 16.1. The monoisotopic (exact) mass is 349 g/mol. The van der Waals surface area contributed by atoms with Crippen LogP contribution in [0.2, 0.25) is 0 Å². The third-order valence-electron chi connectivity index (χ3n) is 4.60. The fraction of sp³-hybridized carbons (Fsp3) is 0.238. The summed E-state index contributed by atoms with van der Waals surface area (Å²) in [5.74, 6) is -0.411. The summed E-state index contributed by atoms with van der Waals surface area (Å²) >= 11 is 0. The summed E-state index contributed by atoms with van der Waals surface area (Å²) in [7, 11) is 0. The summed E-state index contributed by atoms with van der Waals surface area (Å²) in [4.78, 5) is 25.6. The van der Waals surface area contributed by atoms with Crippen molar-refractivity contribution < 1.29 is 9.59 Å². The largest absolute Gasteiger partial charge is 0.371 e. The second-order valence-corrected chi connectivity index (χ2v) is 6.45. The average molecular weight is 349 g/mol. The van der Waals surface area contributed by atoms with Crippen LogP contribution in [0.15, 0.2) is 60.7 Å². The van der Waals surface area contributed by atoms with Crippen molar-refractivity contribution in [1.29, 1.82) is 0 Å². The maximum atomic E-state index is 12.1. The van der Waals surface area contributed by atoms with Crippen LogP contribution in [0.25, 0.3) is 6.08 Å². The highest BCUT2D eigenvalue weighted by Crippen LogP contribution is 2.25. The molecule has 5 nitrogen and oxygen atoms in total. The molecule has 0 bridgehead atoms. The van der Waals surface area contributed by atoms with Crippen LogP contribution < -0.4 is 16.0 Å². The number of nitrogens with zero attached hydrogens (tertiary/aromatic N) is 1. The molecule has 0 atom stereocenters. The molecule has 1 fully saturated rings. The maximum absolute atomic E-state index is 12.1. The van der Waals surface area contributed by atoms with Crippen LogP contribution >= 0.6 is 0 Å². The molecule has 0 radical (unpaired) electrons. The number of hydrogen-bond donors (Lipinski definition) is 2. The van der Waals surface area contributed by atoms with E-state index in [4.69, 9.17) is 5.73 Å². The van der Waals surface area contributed by atoms with Crippen LogP contribution in [0.5, 0.6) is 0 Å². The molecule has 1 saturated heterocycles. The van der Waals surface area contributed by atoms with Gasteiger partial charge >= 0.3 is 0 Å². The number of amides is 2. The quantitative estimate of drug-likeness (QED) is 0.815. The molecule has 2 aromatic carbocycles. The lowest BCUT2D eigenvalue weighted by molar-refractivity contribution is -0.122. The lowest BCUT2D eigenvalue weighted by Crippen LogP contribution is -2.38. The number of rotatable bonds is 5. The number of piperidine rings is 1. The lowest BCUT2D eigenvalue weighted by atomic mass is 9.96. The summed E-state index contributed by atoms with van der Waals surface area (Å²) in [5.41, 5.74) is 8.16. The molecule has 2 amide bonds. The average Bonchev–Trinajstić information content (AvgIpc) is 2.67. The van der Waals surface area contributed by atoms with E-state index in [1.807, 2.05) is 54.6 Å². The Morgan fingerprint density at radius 1 is 1.04 bits per heavy atom. The molecular weight excluding hydrogens is 326 g/mol. The summed E-state index contributed by atoms with van der Waals surface area (Å²) in [6, 6.07) is 17.5. The Morgan fingerprint density at radius 3 is 2.46 bits per heavy atom. The van der Waals surface area contributed by atoms with Gasteiger partial charge in [-0.3, -0.25) is 9.59 Å². The number of primary amides is 1. The van der Waals surface area contributed by atoms with E-state index < -0.39 is 0 Å². The fourth-order valence-electron chi connectivity index (χ4n) is 3.12. The smallest absolute Gasteiger partial charge is 0.248 e. The summed E-state index contributed by atoms with van der Waals surface area (Å²) in [6.07, 6.45) is 4.85. The molecule has 1 aliphatic rings. The van der Waals surface area contributed by atoms with Crippen molar-refractivity contribution >= 4 is 29.3 Å². The second-order valence-electron chi connectivity index (χ2n) is 6.45. The zero-order chi connectivity index (χ0) is 18.4. The van der Waals surface area contributed by atoms with E-state index in [-0.39, 0.29) is 17.7 Å². The van der Waals surface area contributed by atoms with Crippen molar-refractivity contribution in [3.05, 3.63) is 66.2 Å². The van der Waals surface area contributed by atoms with Crippen molar-refractivity contribution in [3.8, 4) is 0 Å². The van der Waals surface area contributed by atoms with Gasteiger partial charge in [-0.25, -0.2) is 0 Å². The van der Waals surface area contributed by atoms with Gasteiger partial charge in [0.15, 0.2) is 0 Å². The Bertz CT molecular complexity index is 794. The number of carbonyl (C=O) groups excluding carboxylic acids is 2. The third-order valence-corrected chi connectivity index (χ3v) is 4.60. The van der Waals surface area contributed by atoms with Crippen LogP contribution in [-0.4, -0.2) is 24.9 Å². The van der Waals surface area contributed by atoms with Gasteiger partial charge in [0.1, 0.15) is 0 Å². The first-order valence-electron chi connectivity index (χ1n) is 8.80. The van der Waals surface area contributed by atoms with Crippen LogP contribution in [0.3, 0.4) is 0 Å². The van der Waals surface area contributed by atoms with E-state index in [0.717, 1.165) is 42.9 Å². The van der Waals surface area contributed by atoms with E-state index in [0.29, 0.717) is 0 Å². The molecule has 3 N–H and O–H groups in total. The molecule has 1 aliphatic heterocycles. The standard InChI is InChI=1S/C21H23N3O2/c22-21(26)17-11-13-24(14-12-17)19-8-4-7-18(15-19)23-20(25)10-9-16-5-2-1-3-6-16/h1-10,15,17H,11-14H2,(H2,22,26)(H,23,25)/b10-9-. The highest BCUT2D eigenvalue weighted by molar-refractivity contribution is 6.02. The van der Waals surface area contributed by atoms with E-state index >= 15 is 0 Å². The molecule has 0 unspecified atom stereocenters. The van der Waals surface area contributed by atoms with E-state index in [1.54, 1.807) is 6.08 Å². The Balaban J connectivity index is 1.60. The first-order chi connectivity index (χ1) is 12.6. The second kappa shape index (κ2) is 8.34. The number of hydrogen-bond acceptors (Lipinski definition) is 3. The van der Waals surface area contributed by atoms with Crippen LogP contribution in [0, 0.1) is 5.92 Å². The first-order valence-corrected chi connectivity index (χ1v) is 8.80. The predicted molar refractivity (Wildman–Crippen MR) is 105 cm³/mol. The van der Waals surface area contributed by atoms with Gasteiger partial charge in [0.25, 0.3) is 0 Å². The van der Waals surface area contributed by atoms with Gasteiger partial charge in [-0.15, -0.1) is 0 Å². The van der Waals surface area contributed by atoms with Crippen LogP contribution in [-0.2, 0) is 9.59 Å². The molecular formula is C21H23N3O2. The van der Waals surface area contributed by atoms with Gasteiger partial charge in [-0.05, 0) is 42.7 Å². The zero-order valence-corrected chi connectivity index (χ0v) is 14.6. The Kier molecular flexibility index (Phi) is 5.69. The van der Waals surface area contributed by atoms with Crippen molar-refractivity contribution in [2.45, 2.75) is 12.8 Å². The molecule has 3 rings (SSSR count). The molecule has 1 heterocycles. The van der Waals surface area contributed by atoms with Gasteiger partial charge in [0.05, 0.1) is 0 Å². The van der Waals surface area contributed by atoms with Crippen molar-refractivity contribution in [2.75, 3.05) is 23.3 Å². The fourth-order valence-corrected chi connectivity index (χ4v) is 3.12. The van der Waals surface area contributed by atoms with Gasteiger partial charge in [0, 0.05) is 36.5 Å². The molecule has 26 heavy (non-hydrogen) atoms. The number of benzene rings is 2. The van der Waals surface area contributed by atoms with E-state index in [9.17, 15) is 9.59 Å². The van der Waals surface area contributed by atoms with Gasteiger partial charge in [-0.1, -0.05) is 36.4 Å². The van der Waals surface area contributed by atoms with E-state index in [2.05, 4.69) is 10.2 Å². The number of anilines is 2. The van der Waals surface area contributed by atoms with Crippen LogP contribution in [0.1, 0.15) is 18.4 Å². The summed E-state index contributed by atoms with van der Waals surface area (Å²) in [6.45, 7) is 1.58. The maximum Gasteiger partial charge on any atom is 0.248 e. The number of nitrogens with two attached hydrogens (primary N) is 1. The molecule has 0 saturated carbocycles. The lowest BCUT2D eigenvalue weighted by Gasteiger charge is -2.32. The first kappa shape index (κ1) is 17.7. The molecule has 0 spiro atoms. The third kappa shape index (κ3) is 4.72. The molecule has 2 aromatic rings. The normalized spacial score (nSPS) is 15.2. The highest BCUT2D eigenvalue weighted by Gasteiger charge is 2.23. The van der Waals surface area contributed by atoms with Gasteiger partial charge in [-0.2, -0.15) is 0 Å². The predicted octanol–water partition coefficient (Wildman–Crippen LogP) is 3.04. The number of nitrogens with one attached hydrogen (secondary N) is 1. The van der Waals surface area contributed by atoms with Crippen LogP contribution in [0.4, 0.5) is 11.4 Å². The minimum atomic E-state index is -0.212. The SMILES string of the molecule is NC(=O)C1CCN(c2cccc(NC(=O)/C=C\c3ccccc3)c2)CC1. The summed E-state index contributed by atoms with van der Waals surface area (Å²) < 4.78 is 0. The number of carbonyl (C=O) groups is 2. The Morgan fingerprint density at radius 2 is 1.77 bits per heavy atom. The van der Waals surface area contributed by atoms with Gasteiger partial charge < -0.3 is 16.0 Å². The summed E-state index contributed by atoms with van der Waals surface area (Å²) in [5, 5.41) is 2.89. The molecule has 0 aliphatic carbocycles. The van der Waals surface area contributed by atoms with Crippen molar-refractivity contribution in [1.82, 2.24) is 0 Å². The Labute approximate surface area is 153 Å². The minimum Gasteiger partial charge on any atom is -0.371 e. The zero-order valence-electron chi connectivity index (χ0n) is 14.6.